The molecular weight excluding hydrogens is 326 g/mol. The van der Waals surface area contributed by atoms with E-state index in [2.05, 4.69) is 20.4 Å². The summed E-state index contributed by atoms with van der Waals surface area (Å²) >= 11 is 1.32. The predicted molar refractivity (Wildman–Crippen MR) is 91.8 cm³/mol. The van der Waals surface area contributed by atoms with E-state index in [1.807, 2.05) is 18.2 Å². The lowest BCUT2D eigenvalue weighted by molar-refractivity contribution is 0.102. The molecule has 3 aromatic heterocycles. The second kappa shape index (κ2) is 5.74. The van der Waals surface area contributed by atoms with Crippen molar-refractivity contribution < 1.29 is 4.79 Å². The van der Waals surface area contributed by atoms with E-state index in [0.29, 0.717) is 21.7 Å². The molecule has 118 valence electrons. The van der Waals surface area contributed by atoms with Crippen molar-refractivity contribution in [2.45, 2.75) is 0 Å². The lowest BCUT2D eigenvalue weighted by atomic mass is 10.2. The monoisotopic (exact) mass is 337 g/mol. The summed E-state index contributed by atoms with van der Waals surface area (Å²) in [5.41, 5.74) is 1.15. The van der Waals surface area contributed by atoms with Gasteiger partial charge in [0.25, 0.3) is 11.5 Å². The zero-order valence-corrected chi connectivity index (χ0v) is 13.1. The number of anilines is 1. The Morgan fingerprint density at radius 1 is 1.21 bits per heavy atom. The standard InChI is InChI=1S/C16H11N5O2S/c22-14(19-16-18-6-7-24-16)11-8-17-9-12-13(11)20-21(15(12)23)10-4-2-1-3-5-10/h1-9,20H,(H,18,19,22). The number of hydrogen-bond acceptors (Lipinski definition) is 5. The van der Waals surface area contributed by atoms with Crippen LogP contribution in [0.2, 0.25) is 0 Å². The number of rotatable bonds is 3. The molecule has 0 fully saturated rings. The smallest absolute Gasteiger partial charge is 0.280 e. The quantitative estimate of drug-likeness (QED) is 0.600. The molecule has 0 saturated heterocycles. The van der Waals surface area contributed by atoms with Crippen molar-refractivity contribution in [2.24, 2.45) is 0 Å². The Hall–Kier alpha value is -3.26. The van der Waals surface area contributed by atoms with Crippen molar-refractivity contribution in [3.05, 3.63) is 70.2 Å². The third-order valence-corrected chi connectivity index (χ3v) is 4.20. The van der Waals surface area contributed by atoms with Gasteiger partial charge in [0.1, 0.15) is 0 Å². The third kappa shape index (κ3) is 2.38. The highest BCUT2D eigenvalue weighted by Gasteiger charge is 2.17. The number of hydrogen-bond donors (Lipinski definition) is 2. The SMILES string of the molecule is O=C(Nc1nccs1)c1cncc2c(=O)n(-c3ccccc3)[nH]c12. The summed E-state index contributed by atoms with van der Waals surface area (Å²) in [6, 6.07) is 9.15. The Balaban J connectivity index is 1.83. The molecule has 0 unspecified atom stereocenters. The first-order valence-corrected chi connectivity index (χ1v) is 7.97. The number of aromatic amines is 1. The first kappa shape index (κ1) is 14.3. The average Bonchev–Trinajstić information content (AvgIpc) is 3.24. The zero-order valence-electron chi connectivity index (χ0n) is 12.3. The first-order valence-electron chi connectivity index (χ1n) is 7.09. The maximum Gasteiger partial charge on any atom is 0.280 e. The zero-order chi connectivity index (χ0) is 16.5. The molecule has 2 N–H and O–H groups in total. The van der Waals surface area contributed by atoms with Crippen LogP contribution in [0, 0.1) is 0 Å². The summed E-state index contributed by atoms with van der Waals surface area (Å²) in [6.45, 7) is 0. The number of thiazole rings is 1. The molecule has 24 heavy (non-hydrogen) atoms. The van der Waals surface area contributed by atoms with E-state index in [-0.39, 0.29) is 17.0 Å². The van der Waals surface area contributed by atoms with E-state index < -0.39 is 0 Å². The van der Waals surface area contributed by atoms with Gasteiger partial charge < -0.3 is 0 Å². The van der Waals surface area contributed by atoms with Crippen molar-refractivity contribution in [1.82, 2.24) is 19.7 Å². The second-order valence-corrected chi connectivity index (χ2v) is 5.88. The number of fused-ring (bicyclic) bond motifs is 1. The Morgan fingerprint density at radius 2 is 2.04 bits per heavy atom. The van der Waals surface area contributed by atoms with Gasteiger partial charge >= 0.3 is 0 Å². The van der Waals surface area contributed by atoms with Gasteiger partial charge in [-0.15, -0.1) is 11.3 Å². The van der Waals surface area contributed by atoms with Crippen LogP contribution >= 0.6 is 11.3 Å². The molecule has 4 rings (SSSR count). The number of benzene rings is 1. The Kier molecular flexibility index (Phi) is 3.43. The van der Waals surface area contributed by atoms with Gasteiger partial charge in [-0.3, -0.25) is 25.0 Å². The molecule has 1 amide bonds. The van der Waals surface area contributed by atoms with Crippen LogP contribution < -0.4 is 10.9 Å². The molecule has 4 aromatic rings. The Morgan fingerprint density at radius 3 is 2.79 bits per heavy atom. The molecule has 0 radical (unpaired) electrons. The molecule has 0 aliphatic carbocycles. The fraction of sp³-hybridized carbons (Fsp3) is 0. The molecule has 0 bridgehead atoms. The number of carbonyl (C=O) groups is 1. The van der Waals surface area contributed by atoms with Gasteiger partial charge in [0, 0.05) is 24.0 Å². The van der Waals surface area contributed by atoms with Gasteiger partial charge in [-0.25, -0.2) is 9.67 Å². The largest absolute Gasteiger partial charge is 0.298 e. The lowest BCUT2D eigenvalue weighted by Crippen LogP contribution is -2.13. The van der Waals surface area contributed by atoms with E-state index in [4.69, 9.17) is 0 Å². The van der Waals surface area contributed by atoms with Gasteiger partial charge in [-0.1, -0.05) is 18.2 Å². The highest BCUT2D eigenvalue weighted by molar-refractivity contribution is 7.13. The normalized spacial score (nSPS) is 10.8. The highest BCUT2D eigenvalue weighted by Crippen LogP contribution is 2.17. The Labute approximate surface area is 139 Å². The summed E-state index contributed by atoms with van der Waals surface area (Å²) in [7, 11) is 0. The Bertz CT molecular complexity index is 1070. The summed E-state index contributed by atoms with van der Waals surface area (Å²) < 4.78 is 1.40. The minimum atomic E-state index is -0.371. The van der Waals surface area contributed by atoms with E-state index in [1.54, 1.807) is 23.7 Å². The summed E-state index contributed by atoms with van der Waals surface area (Å²) in [4.78, 5) is 33.1. The molecule has 3 heterocycles. The van der Waals surface area contributed by atoms with Crippen LogP contribution in [0.15, 0.2) is 59.1 Å². The minimum Gasteiger partial charge on any atom is -0.298 e. The van der Waals surface area contributed by atoms with Gasteiger partial charge in [-0.2, -0.15) is 0 Å². The fourth-order valence-electron chi connectivity index (χ4n) is 2.41. The number of amides is 1. The van der Waals surface area contributed by atoms with Crippen molar-refractivity contribution in [3.8, 4) is 5.69 Å². The molecule has 0 saturated carbocycles. The molecule has 0 aliphatic heterocycles. The minimum absolute atomic E-state index is 0.257. The van der Waals surface area contributed by atoms with Gasteiger partial charge in [-0.05, 0) is 12.1 Å². The number of H-pyrrole nitrogens is 1. The summed E-state index contributed by atoms with van der Waals surface area (Å²) in [5.74, 6) is -0.371. The summed E-state index contributed by atoms with van der Waals surface area (Å²) in [6.07, 6.45) is 4.48. The molecule has 0 atom stereocenters. The third-order valence-electron chi connectivity index (χ3n) is 3.51. The van der Waals surface area contributed by atoms with Crippen LogP contribution in [0.3, 0.4) is 0 Å². The molecule has 7 nitrogen and oxygen atoms in total. The first-order chi connectivity index (χ1) is 11.7. The van der Waals surface area contributed by atoms with Crippen molar-refractivity contribution in [1.29, 1.82) is 0 Å². The van der Waals surface area contributed by atoms with Crippen LogP contribution in [-0.4, -0.2) is 25.7 Å². The van der Waals surface area contributed by atoms with Crippen LogP contribution in [0.4, 0.5) is 5.13 Å². The van der Waals surface area contributed by atoms with Gasteiger partial charge in [0.2, 0.25) is 0 Å². The summed E-state index contributed by atoms with van der Waals surface area (Å²) in [5, 5.41) is 8.30. The molecule has 1 aromatic carbocycles. The number of nitrogens with zero attached hydrogens (tertiary/aromatic N) is 3. The van der Waals surface area contributed by atoms with E-state index in [0.717, 1.165) is 0 Å². The molecule has 0 aliphatic rings. The average molecular weight is 337 g/mol. The molecule has 8 heteroatoms. The van der Waals surface area contributed by atoms with Crippen LogP contribution in [0.5, 0.6) is 0 Å². The number of pyridine rings is 1. The van der Waals surface area contributed by atoms with E-state index in [1.165, 1.54) is 28.4 Å². The number of nitrogens with one attached hydrogen (secondary N) is 2. The molecular formula is C16H11N5O2S. The topological polar surface area (TPSA) is 92.7 Å². The maximum absolute atomic E-state index is 12.6. The molecule has 0 spiro atoms. The second-order valence-electron chi connectivity index (χ2n) is 4.99. The van der Waals surface area contributed by atoms with Gasteiger partial charge in [0.15, 0.2) is 5.13 Å². The maximum atomic E-state index is 12.6. The number of carbonyl (C=O) groups excluding carboxylic acids is 1. The predicted octanol–water partition coefficient (Wildman–Crippen LogP) is 2.42. The van der Waals surface area contributed by atoms with Crippen molar-refractivity contribution >= 4 is 33.3 Å². The van der Waals surface area contributed by atoms with Crippen molar-refractivity contribution in [3.63, 3.8) is 0 Å². The van der Waals surface area contributed by atoms with E-state index >= 15 is 0 Å². The van der Waals surface area contributed by atoms with Crippen LogP contribution in [-0.2, 0) is 0 Å². The van der Waals surface area contributed by atoms with Crippen molar-refractivity contribution in [2.75, 3.05) is 5.32 Å². The fourth-order valence-corrected chi connectivity index (χ4v) is 2.93. The number of aromatic nitrogens is 4. The van der Waals surface area contributed by atoms with Gasteiger partial charge in [0.05, 0.1) is 22.2 Å². The van der Waals surface area contributed by atoms with E-state index in [9.17, 15) is 9.59 Å². The lowest BCUT2D eigenvalue weighted by Gasteiger charge is -2.02. The highest BCUT2D eigenvalue weighted by atomic mass is 32.1. The van der Waals surface area contributed by atoms with Crippen LogP contribution in [0.25, 0.3) is 16.6 Å². The number of para-hydroxylation sites is 1. The van der Waals surface area contributed by atoms with Crippen LogP contribution in [0.1, 0.15) is 10.4 Å².